The number of nitrogens with two attached hydrogens (primary N) is 1. The van der Waals surface area contributed by atoms with Gasteiger partial charge in [0.25, 0.3) is 0 Å². The highest BCUT2D eigenvalue weighted by atomic mass is 35.5. The first kappa shape index (κ1) is 12.1. The van der Waals surface area contributed by atoms with E-state index in [9.17, 15) is 0 Å². The van der Waals surface area contributed by atoms with Gasteiger partial charge in [-0.1, -0.05) is 23.7 Å². The first-order chi connectivity index (χ1) is 8.19. The lowest BCUT2D eigenvalue weighted by atomic mass is 10.0. The summed E-state index contributed by atoms with van der Waals surface area (Å²) in [5, 5.41) is 4.88. The summed E-state index contributed by atoms with van der Waals surface area (Å²) in [5.41, 5.74) is 5.01. The van der Waals surface area contributed by atoms with Crippen LogP contribution in [0.2, 0.25) is 5.02 Å². The smallest absolute Gasteiger partial charge is 0.0538 e. The fourth-order valence-corrected chi connectivity index (χ4v) is 2.01. The van der Waals surface area contributed by atoms with E-state index in [4.69, 9.17) is 17.4 Å². The first-order valence-corrected chi connectivity index (χ1v) is 5.76. The van der Waals surface area contributed by atoms with E-state index in [0.717, 1.165) is 22.6 Å². The van der Waals surface area contributed by atoms with Crippen molar-refractivity contribution in [3.8, 4) is 0 Å². The number of hydrazine groups is 1. The largest absolute Gasteiger partial charge is 0.275 e. The van der Waals surface area contributed by atoms with Gasteiger partial charge in [-0.05, 0) is 24.1 Å². The Morgan fingerprint density at radius 3 is 2.94 bits per heavy atom. The highest BCUT2D eigenvalue weighted by Crippen LogP contribution is 2.19. The van der Waals surface area contributed by atoms with Crippen LogP contribution in [-0.4, -0.2) is 9.78 Å². The quantitative estimate of drug-likeness (QED) is 0.643. The molecule has 90 valence electrons. The second-order valence-corrected chi connectivity index (χ2v) is 4.44. The molecule has 0 bridgehead atoms. The van der Waals surface area contributed by atoms with Gasteiger partial charge >= 0.3 is 0 Å². The molecule has 1 aromatic carbocycles. The summed E-state index contributed by atoms with van der Waals surface area (Å²) in [5.74, 6) is 5.58. The first-order valence-electron chi connectivity index (χ1n) is 5.38. The van der Waals surface area contributed by atoms with Crippen LogP contribution in [0, 0.1) is 0 Å². The monoisotopic (exact) mass is 250 g/mol. The number of nitrogens with one attached hydrogen (secondary N) is 1. The van der Waals surface area contributed by atoms with E-state index >= 15 is 0 Å². The molecule has 0 aliphatic rings. The van der Waals surface area contributed by atoms with Gasteiger partial charge in [0.05, 0.1) is 12.2 Å². The predicted molar refractivity (Wildman–Crippen MR) is 68.4 cm³/mol. The number of hydrogen-bond donors (Lipinski definition) is 2. The van der Waals surface area contributed by atoms with Crippen LogP contribution in [0.25, 0.3) is 0 Å². The molecule has 0 fully saturated rings. The van der Waals surface area contributed by atoms with Crippen molar-refractivity contribution in [2.24, 2.45) is 12.9 Å². The minimum absolute atomic E-state index is 0.0437. The van der Waals surface area contributed by atoms with Crippen LogP contribution in [0.5, 0.6) is 0 Å². The van der Waals surface area contributed by atoms with Gasteiger partial charge in [0.15, 0.2) is 0 Å². The summed E-state index contributed by atoms with van der Waals surface area (Å²) >= 11 is 5.95. The molecule has 17 heavy (non-hydrogen) atoms. The average Bonchev–Trinajstić information content (AvgIpc) is 2.73. The molecule has 2 aromatic rings. The lowest BCUT2D eigenvalue weighted by Gasteiger charge is -2.14. The zero-order valence-electron chi connectivity index (χ0n) is 9.60. The molecule has 0 aliphatic heterocycles. The Labute approximate surface area is 105 Å². The van der Waals surface area contributed by atoms with Crippen molar-refractivity contribution in [2.45, 2.75) is 12.5 Å². The number of rotatable bonds is 4. The number of halogens is 1. The molecular formula is C12H15ClN4. The molecule has 0 saturated carbocycles. The minimum atomic E-state index is 0.0437. The molecule has 5 heteroatoms. The summed E-state index contributed by atoms with van der Waals surface area (Å²) < 4.78 is 1.76. The normalized spacial score (nSPS) is 12.6. The van der Waals surface area contributed by atoms with Crippen LogP contribution in [0.3, 0.4) is 0 Å². The van der Waals surface area contributed by atoms with Gasteiger partial charge in [0, 0.05) is 23.8 Å². The summed E-state index contributed by atoms with van der Waals surface area (Å²) in [4.78, 5) is 0. The maximum atomic E-state index is 5.95. The van der Waals surface area contributed by atoms with E-state index in [1.54, 1.807) is 4.68 Å². The lowest BCUT2D eigenvalue weighted by molar-refractivity contribution is 0.551. The maximum absolute atomic E-state index is 5.95. The second kappa shape index (κ2) is 5.31. The molecule has 3 N–H and O–H groups in total. The standard InChI is InChI=1S/C12H15ClN4/c1-17-8-10(7-15-17)12(16-14)6-9-3-2-4-11(13)5-9/h2-5,7-8,12,16H,6,14H2,1H3. The van der Waals surface area contributed by atoms with Gasteiger partial charge in [-0.15, -0.1) is 0 Å². The van der Waals surface area contributed by atoms with Crippen LogP contribution in [-0.2, 0) is 13.5 Å². The van der Waals surface area contributed by atoms with Gasteiger partial charge in [0.2, 0.25) is 0 Å². The third-order valence-corrected chi connectivity index (χ3v) is 2.89. The lowest BCUT2D eigenvalue weighted by Crippen LogP contribution is -2.29. The van der Waals surface area contributed by atoms with Crippen LogP contribution in [0.1, 0.15) is 17.2 Å². The van der Waals surface area contributed by atoms with Crippen molar-refractivity contribution in [1.29, 1.82) is 0 Å². The van der Waals surface area contributed by atoms with E-state index in [0.29, 0.717) is 0 Å². The van der Waals surface area contributed by atoms with E-state index in [2.05, 4.69) is 10.5 Å². The van der Waals surface area contributed by atoms with Gasteiger partial charge in [0.1, 0.15) is 0 Å². The van der Waals surface area contributed by atoms with Crippen molar-refractivity contribution in [3.63, 3.8) is 0 Å². The Hall–Kier alpha value is -1.36. The minimum Gasteiger partial charge on any atom is -0.275 e. The van der Waals surface area contributed by atoms with Crippen LogP contribution in [0.4, 0.5) is 0 Å². The molecule has 1 aromatic heterocycles. The van der Waals surface area contributed by atoms with Gasteiger partial charge in [-0.25, -0.2) is 0 Å². The third-order valence-electron chi connectivity index (χ3n) is 2.66. The van der Waals surface area contributed by atoms with E-state index in [-0.39, 0.29) is 6.04 Å². The summed E-state index contributed by atoms with van der Waals surface area (Å²) in [6.07, 6.45) is 4.55. The van der Waals surface area contributed by atoms with Crippen molar-refractivity contribution >= 4 is 11.6 Å². The summed E-state index contributed by atoms with van der Waals surface area (Å²) in [6.45, 7) is 0. The van der Waals surface area contributed by atoms with Gasteiger partial charge in [-0.3, -0.25) is 16.0 Å². The number of aromatic nitrogens is 2. The molecule has 0 spiro atoms. The van der Waals surface area contributed by atoms with Crippen molar-refractivity contribution in [2.75, 3.05) is 0 Å². The van der Waals surface area contributed by atoms with Crippen LogP contribution < -0.4 is 11.3 Å². The second-order valence-electron chi connectivity index (χ2n) is 4.00. The molecule has 0 amide bonds. The SMILES string of the molecule is Cn1cc(C(Cc2cccc(Cl)c2)NN)cn1. The number of nitrogens with zero attached hydrogens (tertiary/aromatic N) is 2. The zero-order chi connectivity index (χ0) is 12.3. The third kappa shape index (κ3) is 3.06. The Bertz CT molecular complexity index is 495. The Balaban J connectivity index is 2.15. The molecule has 4 nitrogen and oxygen atoms in total. The van der Waals surface area contributed by atoms with E-state index in [1.165, 1.54) is 0 Å². The van der Waals surface area contributed by atoms with Gasteiger partial charge in [-0.2, -0.15) is 5.10 Å². The fraction of sp³-hybridized carbons (Fsp3) is 0.250. The van der Waals surface area contributed by atoms with Crippen LogP contribution in [0.15, 0.2) is 36.7 Å². The molecule has 1 unspecified atom stereocenters. The predicted octanol–water partition coefficient (Wildman–Crippen LogP) is 1.82. The number of benzene rings is 1. The fourth-order valence-electron chi connectivity index (χ4n) is 1.79. The summed E-state index contributed by atoms with van der Waals surface area (Å²) in [6, 6.07) is 7.82. The maximum Gasteiger partial charge on any atom is 0.0538 e. The average molecular weight is 251 g/mol. The van der Waals surface area contributed by atoms with E-state index in [1.807, 2.05) is 43.7 Å². The Morgan fingerprint density at radius 2 is 2.35 bits per heavy atom. The molecule has 0 saturated heterocycles. The Morgan fingerprint density at radius 1 is 1.53 bits per heavy atom. The van der Waals surface area contributed by atoms with Crippen molar-refractivity contribution in [1.82, 2.24) is 15.2 Å². The molecule has 1 heterocycles. The highest BCUT2D eigenvalue weighted by Gasteiger charge is 2.12. The van der Waals surface area contributed by atoms with E-state index < -0.39 is 0 Å². The number of hydrogen-bond acceptors (Lipinski definition) is 3. The summed E-state index contributed by atoms with van der Waals surface area (Å²) in [7, 11) is 1.89. The highest BCUT2D eigenvalue weighted by molar-refractivity contribution is 6.30. The van der Waals surface area contributed by atoms with Gasteiger partial charge < -0.3 is 0 Å². The van der Waals surface area contributed by atoms with Crippen molar-refractivity contribution in [3.05, 3.63) is 52.8 Å². The molecule has 0 aliphatic carbocycles. The van der Waals surface area contributed by atoms with Crippen molar-refractivity contribution < 1.29 is 0 Å². The molecule has 0 radical (unpaired) electrons. The number of aryl methyl sites for hydroxylation is 1. The zero-order valence-corrected chi connectivity index (χ0v) is 10.4. The molecule has 1 atom stereocenters. The molecular weight excluding hydrogens is 236 g/mol. The molecule has 2 rings (SSSR count). The Kier molecular flexibility index (Phi) is 3.78. The topological polar surface area (TPSA) is 55.9 Å². The van der Waals surface area contributed by atoms with Crippen LogP contribution >= 0.6 is 11.6 Å².